The molecule has 2 saturated heterocycles. The highest BCUT2D eigenvalue weighted by atomic mass is 16.4. The second-order valence-corrected chi connectivity index (χ2v) is 3.97. The van der Waals surface area contributed by atoms with Crippen LogP contribution in [-0.2, 0) is 14.4 Å². The summed E-state index contributed by atoms with van der Waals surface area (Å²) in [6.07, 6.45) is -0.855. The molecule has 1 N–H and O–H groups in total. The van der Waals surface area contributed by atoms with E-state index in [4.69, 9.17) is 0 Å². The fourth-order valence-electron chi connectivity index (χ4n) is 2.38. The van der Waals surface area contributed by atoms with Gasteiger partial charge in [-0.15, -0.1) is 0 Å². The average Bonchev–Trinajstić information content (AvgIpc) is 2.38. The molecule has 0 bridgehead atoms. The Balaban J connectivity index is 2.23. The number of amides is 1. The molecule has 2 fully saturated rings. The number of hydrogen-bond donors (Lipinski definition) is 1. The highest BCUT2D eigenvalue weighted by Gasteiger charge is 2.59. The van der Waals surface area contributed by atoms with Crippen LogP contribution in [-0.4, -0.2) is 45.9 Å². The molecule has 15 heavy (non-hydrogen) atoms. The average molecular weight is 212 g/mol. The van der Waals surface area contributed by atoms with E-state index in [1.807, 2.05) is 0 Å². The molecule has 2 heterocycles. The fraction of sp³-hybridized carbons (Fsp3) is 0.667. The van der Waals surface area contributed by atoms with Crippen LogP contribution in [0, 0.1) is 5.92 Å². The lowest BCUT2D eigenvalue weighted by atomic mass is 9.84. The lowest BCUT2D eigenvalue weighted by Crippen LogP contribution is -2.66. The summed E-state index contributed by atoms with van der Waals surface area (Å²) in [7, 11) is 0. The van der Waals surface area contributed by atoms with Gasteiger partial charge in [0.15, 0.2) is 5.78 Å². The first-order valence-electron chi connectivity index (χ1n) is 4.69. The van der Waals surface area contributed by atoms with Crippen molar-refractivity contribution in [2.45, 2.75) is 31.5 Å². The highest BCUT2D eigenvalue weighted by molar-refractivity contribution is 6.10. The number of aliphatic hydroxyl groups is 1. The van der Waals surface area contributed by atoms with Crippen molar-refractivity contribution in [2.75, 3.05) is 0 Å². The number of nitrogens with zero attached hydrogens (tertiary/aromatic N) is 1. The van der Waals surface area contributed by atoms with Gasteiger partial charge in [-0.1, -0.05) is 0 Å². The molecule has 0 radical (unpaired) electrons. The summed E-state index contributed by atoms with van der Waals surface area (Å²) in [6, 6.07) is -1.91. The van der Waals surface area contributed by atoms with Gasteiger partial charge in [0.25, 0.3) is 0 Å². The molecule has 2 rings (SSSR count). The van der Waals surface area contributed by atoms with E-state index >= 15 is 0 Å². The van der Waals surface area contributed by atoms with E-state index in [1.54, 1.807) is 0 Å². The van der Waals surface area contributed by atoms with Gasteiger partial charge in [0.2, 0.25) is 5.91 Å². The molecule has 1 amide bonds. The highest BCUT2D eigenvalue weighted by Crippen LogP contribution is 2.39. The summed E-state index contributed by atoms with van der Waals surface area (Å²) in [5.41, 5.74) is 0. The molecule has 0 aromatic rings. The van der Waals surface area contributed by atoms with Crippen LogP contribution in [0.2, 0.25) is 0 Å². The minimum absolute atomic E-state index is 0.0000463. The van der Waals surface area contributed by atoms with E-state index < -0.39 is 41.8 Å². The van der Waals surface area contributed by atoms with Crippen molar-refractivity contribution < 1.29 is 24.6 Å². The molecule has 2 aliphatic rings. The second kappa shape index (κ2) is 3.03. The van der Waals surface area contributed by atoms with E-state index in [1.165, 1.54) is 6.92 Å². The van der Waals surface area contributed by atoms with Gasteiger partial charge in [-0.2, -0.15) is 0 Å². The largest absolute Gasteiger partial charge is 0.547 e. The second-order valence-electron chi connectivity index (χ2n) is 3.97. The number of Topliss-reactive ketones (excluding diaryl/α,β-unsaturated/α-hetero) is 1. The third-order valence-corrected chi connectivity index (χ3v) is 3.05. The summed E-state index contributed by atoms with van der Waals surface area (Å²) < 4.78 is 0. The number of rotatable bonds is 2. The van der Waals surface area contributed by atoms with Crippen LogP contribution in [0.1, 0.15) is 13.3 Å². The minimum atomic E-state index is -1.54. The Kier molecular flexibility index (Phi) is 2.04. The molecule has 6 heteroatoms. The smallest absolute Gasteiger partial charge is 0.231 e. The first-order valence-corrected chi connectivity index (χ1v) is 4.69. The summed E-state index contributed by atoms with van der Waals surface area (Å²) in [5.74, 6) is -3.18. The Morgan fingerprint density at radius 1 is 1.60 bits per heavy atom. The van der Waals surface area contributed by atoms with Crippen molar-refractivity contribution in [3.05, 3.63) is 0 Å². The summed E-state index contributed by atoms with van der Waals surface area (Å²) in [4.78, 5) is 34.4. The lowest BCUT2D eigenvalue weighted by Gasteiger charge is -2.46. The molecule has 6 nitrogen and oxygen atoms in total. The van der Waals surface area contributed by atoms with Gasteiger partial charge in [0.1, 0.15) is 6.04 Å². The normalized spacial score (nSPS) is 36.1. The maximum Gasteiger partial charge on any atom is 0.231 e. The van der Waals surface area contributed by atoms with Crippen LogP contribution in [0.15, 0.2) is 0 Å². The van der Waals surface area contributed by atoms with E-state index in [9.17, 15) is 24.6 Å². The molecule has 82 valence electrons. The fourth-order valence-corrected chi connectivity index (χ4v) is 2.38. The number of carbonyl (C=O) groups excluding carboxylic acids is 3. The Hall–Kier alpha value is -1.43. The number of carbonyl (C=O) groups is 3. The van der Waals surface area contributed by atoms with Crippen LogP contribution in [0.4, 0.5) is 0 Å². The van der Waals surface area contributed by atoms with Crippen LogP contribution in [0.25, 0.3) is 0 Å². The zero-order valence-corrected chi connectivity index (χ0v) is 8.04. The van der Waals surface area contributed by atoms with Gasteiger partial charge in [0.05, 0.1) is 24.0 Å². The Morgan fingerprint density at radius 2 is 2.20 bits per heavy atom. The monoisotopic (exact) mass is 212 g/mol. The van der Waals surface area contributed by atoms with Crippen molar-refractivity contribution in [3.63, 3.8) is 0 Å². The van der Waals surface area contributed by atoms with Crippen LogP contribution < -0.4 is 5.11 Å². The zero-order chi connectivity index (χ0) is 11.3. The SMILES string of the molecule is C[C@@H](O)[C@H]1C(=O)N2[C@@H](C(=O)[O-])C(=O)C[C@H]12. The molecule has 0 unspecified atom stereocenters. The Bertz CT molecular complexity index is 350. The van der Waals surface area contributed by atoms with Gasteiger partial charge < -0.3 is 19.9 Å². The van der Waals surface area contributed by atoms with E-state index in [0.29, 0.717) is 0 Å². The van der Waals surface area contributed by atoms with Crippen molar-refractivity contribution in [1.82, 2.24) is 4.90 Å². The first kappa shape index (κ1) is 10.1. The van der Waals surface area contributed by atoms with Gasteiger partial charge in [-0.3, -0.25) is 9.59 Å². The predicted molar refractivity (Wildman–Crippen MR) is 44.2 cm³/mol. The number of β-lactam (4-membered cyclic amide) rings is 1. The number of carboxylic acid groups (broad SMARTS) is 1. The lowest BCUT2D eigenvalue weighted by molar-refractivity contribution is -0.310. The summed E-state index contributed by atoms with van der Waals surface area (Å²) in [5, 5.41) is 19.9. The third-order valence-electron chi connectivity index (χ3n) is 3.05. The van der Waals surface area contributed by atoms with Crippen molar-refractivity contribution in [2.24, 2.45) is 5.92 Å². The molecule has 4 atom stereocenters. The third kappa shape index (κ3) is 1.18. The van der Waals surface area contributed by atoms with Crippen molar-refractivity contribution in [1.29, 1.82) is 0 Å². The zero-order valence-electron chi connectivity index (χ0n) is 8.04. The number of aliphatic carboxylic acids is 1. The summed E-state index contributed by atoms with van der Waals surface area (Å²) >= 11 is 0. The van der Waals surface area contributed by atoms with Gasteiger partial charge >= 0.3 is 0 Å². The quantitative estimate of drug-likeness (QED) is 0.396. The first-order chi connectivity index (χ1) is 6.95. The Labute approximate surface area is 85.5 Å². The van der Waals surface area contributed by atoms with Gasteiger partial charge in [-0.25, -0.2) is 0 Å². The molecular weight excluding hydrogens is 202 g/mol. The topological polar surface area (TPSA) is 97.7 Å². The minimum Gasteiger partial charge on any atom is -0.547 e. The molecule has 0 saturated carbocycles. The molecule has 0 aromatic heterocycles. The number of fused-ring (bicyclic) bond motifs is 1. The van der Waals surface area contributed by atoms with E-state index in [2.05, 4.69) is 0 Å². The summed E-state index contributed by atoms with van der Waals surface area (Å²) in [6.45, 7) is 1.46. The standard InChI is InChI=1S/C9H11NO5/c1-3(11)6-4-2-5(12)7(9(14)15)10(4)8(6)13/h3-4,6-7,11H,2H2,1H3,(H,14,15)/p-1/t3-,4-,6-,7-/m1/s1. The van der Waals surface area contributed by atoms with Gasteiger partial charge in [-0.05, 0) is 6.92 Å². The number of carboxylic acids is 1. The van der Waals surface area contributed by atoms with Crippen molar-refractivity contribution in [3.8, 4) is 0 Å². The molecule has 0 aromatic carbocycles. The maximum absolute atomic E-state index is 11.5. The van der Waals surface area contributed by atoms with Crippen molar-refractivity contribution >= 4 is 17.7 Å². The van der Waals surface area contributed by atoms with Crippen LogP contribution in [0.5, 0.6) is 0 Å². The number of hydrogen-bond acceptors (Lipinski definition) is 5. The Morgan fingerprint density at radius 3 is 2.67 bits per heavy atom. The molecule has 0 spiro atoms. The maximum atomic E-state index is 11.5. The predicted octanol–water partition coefficient (Wildman–Crippen LogP) is -2.71. The number of aliphatic hydroxyl groups excluding tert-OH is 1. The molecular formula is C9H10NO5-. The van der Waals surface area contributed by atoms with Crippen LogP contribution >= 0.6 is 0 Å². The molecule has 0 aliphatic carbocycles. The van der Waals surface area contributed by atoms with Crippen LogP contribution in [0.3, 0.4) is 0 Å². The number of ketones is 1. The van der Waals surface area contributed by atoms with E-state index in [0.717, 1.165) is 4.90 Å². The van der Waals surface area contributed by atoms with Gasteiger partial charge in [0, 0.05) is 6.42 Å². The molecule has 2 aliphatic heterocycles. The van der Waals surface area contributed by atoms with E-state index in [-0.39, 0.29) is 6.42 Å².